The molecule has 1 aromatic carbocycles. The smallest absolute Gasteiger partial charge is 0.178 e. The molecule has 11 heavy (non-hydrogen) atoms. The molecule has 0 aliphatic heterocycles. The van der Waals surface area contributed by atoms with Gasteiger partial charge in [-0.05, 0) is 6.07 Å². The molecule has 1 radical (unpaired) electrons. The normalized spacial score (nSPS) is 9.73. The van der Waals surface area contributed by atoms with E-state index in [0.29, 0.717) is 0 Å². The van der Waals surface area contributed by atoms with Gasteiger partial charge in [0.15, 0.2) is 6.26 Å². The number of furan rings is 1. The Labute approximate surface area is 64.6 Å². The fraction of sp³-hybridized carbons (Fsp3) is 0. The molecule has 51 valence electrons. The minimum Gasteiger partial charge on any atom is -0.460 e. The summed E-state index contributed by atoms with van der Waals surface area (Å²) in [7, 11) is 0. The van der Waals surface area contributed by atoms with Crippen LogP contribution in [0.3, 0.4) is 0 Å². The first-order valence-corrected chi connectivity index (χ1v) is 3.26. The van der Waals surface area contributed by atoms with Crippen LogP contribution in [0.1, 0.15) is 5.56 Å². The van der Waals surface area contributed by atoms with E-state index in [4.69, 9.17) is 10.8 Å². The molecule has 0 unspecified atom stereocenters. The summed E-state index contributed by atoms with van der Waals surface area (Å²) in [5.41, 5.74) is 0.830. The Morgan fingerprint density at radius 2 is 2.36 bits per heavy atom. The maximum absolute atomic E-state index is 5.26. The molecule has 0 fully saturated rings. The highest BCUT2D eigenvalue weighted by Crippen LogP contribution is 2.17. The number of hydrogen-bond donors (Lipinski definition) is 0. The number of hydrogen-bond acceptors (Lipinski definition) is 1. The Hall–Kier alpha value is -1.68. The minimum absolute atomic E-state index is 0.830. The average molecular weight is 141 g/mol. The van der Waals surface area contributed by atoms with Crippen LogP contribution < -0.4 is 0 Å². The molecular weight excluding hydrogens is 136 g/mol. The van der Waals surface area contributed by atoms with E-state index in [0.717, 1.165) is 16.3 Å². The summed E-state index contributed by atoms with van der Waals surface area (Å²) in [5.74, 6) is 2.56. The van der Waals surface area contributed by atoms with Crippen LogP contribution in [0.15, 0.2) is 28.9 Å². The highest BCUT2D eigenvalue weighted by molar-refractivity contribution is 5.86. The molecule has 2 rings (SSSR count). The van der Waals surface area contributed by atoms with Crippen LogP contribution in [0.5, 0.6) is 0 Å². The van der Waals surface area contributed by atoms with Gasteiger partial charge in [0.1, 0.15) is 0 Å². The average Bonchev–Trinajstić information content (AvgIpc) is 2.50. The predicted octanol–water partition coefficient (Wildman–Crippen LogP) is 2.21. The van der Waals surface area contributed by atoms with Gasteiger partial charge in [-0.1, -0.05) is 18.1 Å². The predicted molar refractivity (Wildman–Crippen MR) is 43.0 cm³/mol. The van der Waals surface area contributed by atoms with E-state index in [1.54, 1.807) is 6.26 Å². The Bertz CT molecular complexity index is 418. The molecule has 0 aliphatic rings. The molecule has 2 aromatic rings. The first-order valence-electron chi connectivity index (χ1n) is 3.26. The zero-order chi connectivity index (χ0) is 7.68. The summed E-state index contributed by atoms with van der Waals surface area (Å²) in [6.45, 7) is 0. The van der Waals surface area contributed by atoms with Gasteiger partial charge < -0.3 is 4.42 Å². The van der Waals surface area contributed by atoms with Gasteiger partial charge in [-0.2, -0.15) is 0 Å². The SMILES string of the molecule is C#Cc1cccc2co[c]c12. The van der Waals surface area contributed by atoms with Gasteiger partial charge in [-0.3, -0.25) is 0 Å². The summed E-state index contributed by atoms with van der Waals surface area (Å²) < 4.78 is 4.89. The zero-order valence-corrected chi connectivity index (χ0v) is 5.79. The van der Waals surface area contributed by atoms with E-state index in [9.17, 15) is 0 Å². The first-order chi connectivity index (χ1) is 5.42. The lowest BCUT2D eigenvalue weighted by atomic mass is 10.1. The lowest BCUT2D eigenvalue weighted by Gasteiger charge is -1.89. The van der Waals surface area contributed by atoms with Crippen LogP contribution in [0.25, 0.3) is 10.8 Å². The molecule has 0 saturated carbocycles. The van der Waals surface area contributed by atoms with Crippen molar-refractivity contribution in [2.24, 2.45) is 0 Å². The summed E-state index contributed by atoms with van der Waals surface area (Å²) in [4.78, 5) is 0. The zero-order valence-electron chi connectivity index (χ0n) is 5.79. The Balaban J connectivity index is 2.92. The topological polar surface area (TPSA) is 13.1 Å². The first kappa shape index (κ1) is 6.06. The van der Waals surface area contributed by atoms with Crippen molar-refractivity contribution in [3.05, 3.63) is 36.3 Å². The molecule has 0 atom stereocenters. The number of terminal acetylenes is 1. The molecule has 0 aliphatic carbocycles. The molecule has 0 spiro atoms. The van der Waals surface area contributed by atoms with Crippen LogP contribution in [-0.2, 0) is 0 Å². The van der Waals surface area contributed by atoms with Crippen molar-refractivity contribution in [3.63, 3.8) is 0 Å². The van der Waals surface area contributed by atoms with Crippen LogP contribution in [-0.4, -0.2) is 0 Å². The standard InChI is InChI=1S/C10H5O/c1-2-8-4-3-5-9-6-11-7-10(8)9/h1,3-6H. The van der Waals surface area contributed by atoms with Crippen molar-refractivity contribution >= 4 is 10.8 Å². The second-order valence-electron chi connectivity index (χ2n) is 2.25. The second kappa shape index (κ2) is 2.17. The van der Waals surface area contributed by atoms with Gasteiger partial charge in [-0.25, -0.2) is 0 Å². The van der Waals surface area contributed by atoms with Gasteiger partial charge in [0.25, 0.3) is 0 Å². The molecule has 0 saturated heterocycles. The van der Waals surface area contributed by atoms with Crippen molar-refractivity contribution in [3.8, 4) is 12.3 Å². The minimum atomic E-state index is 0.830. The van der Waals surface area contributed by atoms with Crippen molar-refractivity contribution in [1.29, 1.82) is 0 Å². The fourth-order valence-electron chi connectivity index (χ4n) is 1.05. The Morgan fingerprint density at radius 3 is 3.18 bits per heavy atom. The highest BCUT2D eigenvalue weighted by Gasteiger charge is 1.99. The highest BCUT2D eigenvalue weighted by atomic mass is 16.3. The Morgan fingerprint density at radius 1 is 1.45 bits per heavy atom. The van der Waals surface area contributed by atoms with Crippen LogP contribution in [0, 0.1) is 18.6 Å². The van der Waals surface area contributed by atoms with Crippen LogP contribution in [0.2, 0.25) is 0 Å². The summed E-state index contributed by atoms with van der Waals surface area (Å²) >= 11 is 0. The molecule has 1 aromatic heterocycles. The summed E-state index contributed by atoms with van der Waals surface area (Å²) in [5, 5.41) is 1.88. The van der Waals surface area contributed by atoms with E-state index >= 15 is 0 Å². The Kier molecular flexibility index (Phi) is 1.20. The van der Waals surface area contributed by atoms with Crippen molar-refractivity contribution in [2.45, 2.75) is 0 Å². The number of benzene rings is 1. The van der Waals surface area contributed by atoms with Gasteiger partial charge in [0.2, 0.25) is 0 Å². The molecule has 1 nitrogen and oxygen atoms in total. The molecule has 0 amide bonds. The van der Waals surface area contributed by atoms with E-state index < -0.39 is 0 Å². The number of rotatable bonds is 0. The van der Waals surface area contributed by atoms with Crippen LogP contribution >= 0.6 is 0 Å². The van der Waals surface area contributed by atoms with Crippen molar-refractivity contribution < 1.29 is 4.42 Å². The maximum atomic E-state index is 5.26. The molecule has 1 heteroatoms. The number of fused-ring (bicyclic) bond motifs is 1. The molecular formula is C10H5O. The fourth-order valence-corrected chi connectivity index (χ4v) is 1.05. The third kappa shape index (κ3) is 0.805. The molecule has 0 N–H and O–H groups in total. The van der Waals surface area contributed by atoms with E-state index in [1.807, 2.05) is 18.2 Å². The lowest BCUT2D eigenvalue weighted by molar-refractivity contribution is 0.563. The molecule has 0 bridgehead atoms. The van der Waals surface area contributed by atoms with Gasteiger partial charge in [-0.15, -0.1) is 6.42 Å². The second-order valence-corrected chi connectivity index (χ2v) is 2.25. The maximum Gasteiger partial charge on any atom is 0.178 e. The third-order valence-corrected chi connectivity index (χ3v) is 1.60. The van der Waals surface area contributed by atoms with E-state index in [-0.39, 0.29) is 0 Å². The van der Waals surface area contributed by atoms with Crippen molar-refractivity contribution in [1.82, 2.24) is 0 Å². The monoisotopic (exact) mass is 141 g/mol. The molecule has 1 heterocycles. The van der Waals surface area contributed by atoms with Crippen LogP contribution in [0.4, 0.5) is 0 Å². The summed E-state index contributed by atoms with van der Waals surface area (Å²) in [6.07, 6.45) is 9.62. The van der Waals surface area contributed by atoms with E-state index in [1.165, 1.54) is 0 Å². The quantitative estimate of drug-likeness (QED) is 0.512. The third-order valence-electron chi connectivity index (χ3n) is 1.60. The lowest BCUT2D eigenvalue weighted by Crippen LogP contribution is -1.72. The van der Waals surface area contributed by atoms with E-state index in [2.05, 4.69) is 12.2 Å². The van der Waals surface area contributed by atoms with Gasteiger partial charge in [0.05, 0.1) is 6.26 Å². The largest absolute Gasteiger partial charge is 0.460 e. The van der Waals surface area contributed by atoms with Crippen molar-refractivity contribution in [2.75, 3.05) is 0 Å². The van der Waals surface area contributed by atoms with Gasteiger partial charge >= 0.3 is 0 Å². The van der Waals surface area contributed by atoms with Gasteiger partial charge in [0, 0.05) is 16.3 Å². The summed E-state index contributed by atoms with van der Waals surface area (Å²) in [6, 6.07) is 5.71.